The van der Waals surface area contributed by atoms with Gasteiger partial charge in [0.15, 0.2) is 0 Å². The van der Waals surface area contributed by atoms with E-state index in [4.69, 9.17) is 10.5 Å². The molecular weight excluding hydrogens is 232 g/mol. The number of carbonyl (C=O) groups excluding carboxylic acids is 1. The van der Waals surface area contributed by atoms with E-state index >= 15 is 0 Å². The van der Waals surface area contributed by atoms with Crippen molar-refractivity contribution < 1.29 is 9.53 Å². The minimum atomic E-state index is -0.533. The van der Waals surface area contributed by atoms with E-state index in [0.717, 1.165) is 17.8 Å². The summed E-state index contributed by atoms with van der Waals surface area (Å²) in [7, 11) is 3.35. The number of nitrogens with zero attached hydrogens (tertiary/aromatic N) is 2. The van der Waals surface area contributed by atoms with Crippen molar-refractivity contribution in [1.82, 2.24) is 15.1 Å². The molecule has 1 atom stereocenters. The number of aryl methyl sites for hydroxylation is 2. The highest BCUT2D eigenvalue weighted by Crippen LogP contribution is 2.31. The Morgan fingerprint density at radius 3 is 2.83 bits per heavy atom. The van der Waals surface area contributed by atoms with Gasteiger partial charge in [0.25, 0.3) is 0 Å². The van der Waals surface area contributed by atoms with Gasteiger partial charge in [0.05, 0.1) is 18.4 Å². The zero-order chi connectivity index (χ0) is 13.3. The zero-order valence-electron chi connectivity index (χ0n) is 11.1. The minimum absolute atomic E-state index is 0.398. The molecule has 6 nitrogen and oxygen atoms in total. The number of methoxy groups -OCH3 is 1. The second kappa shape index (κ2) is 4.97. The van der Waals surface area contributed by atoms with Crippen molar-refractivity contribution in [1.29, 1.82) is 0 Å². The van der Waals surface area contributed by atoms with E-state index in [2.05, 4.69) is 10.4 Å². The lowest BCUT2D eigenvalue weighted by Crippen LogP contribution is -2.35. The highest BCUT2D eigenvalue weighted by atomic mass is 16.5. The van der Waals surface area contributed by atoms with Crippen LogP contribution in [0.2, 0.25) is 0 Å². The fourth-order valence-electron chi connectivity index (χ4n) is 2.18. The third kappa shape index (κ3) is 2.48. The standard InChI is InChI=1S/C12H20N4O2/c1-7-9(12(18-3)16(2)15-7)10(11(13)17)14-6-8-4-5-8/h8,10,14H,4-6H2,1-3H3,(H2,13,17). The fraction of sp³-hybridized carbons (Fsp3) is 0.667. The van der Waals surface area contributed by atoms with Crippen molar-refractivity contribution >= 4 is 5.91 Å². The van der Waals surface area contributed by atoms with Crippen LogP contribution in [-0.2, 0) is 11.8 Å². The van der Waals surface area contributed by atoms with Gasteiger partial charge in [0, 0.05) is 7.05 Å². The maximum absolute atomic E-state index is 11.6. The number of hydrogen-bond acceptors (Lipinski definition) is 4. The lowest BCUT2D eigenvalue weighted by molar-refractivity contribution is -0.120. The fourth-order valence-corrected chi connectivity index (χ4v) is 2.18. The van der Waals surface area contributed by atoms with E-state index < -0.39 is 11.9 Å². The summed E-state index contributed by atoms with van der Waals surface area (Å²) >= 11 is 0. The molecule has 1 unspecified atom stereocenters. The molecule has 3 N–H and O–H groups in total. The number of hydrogen-bond donors (Lipinski definition) is 2. The van der Waals surface area contributed by atoms with E-state index in [1.54, 1.807) is 18.8 Å². The molecule has 0 aromatic carbocycles. The van der Waals surface area contributed by atoms with Crippen LogP contribution in [0.15, 0.2) is 0 Å². The molecule has 1 heterocycles. The molecule has 1 fully saturated rings. The largest absolute Gasteiger partial charge is 0.481 e. The number of amides is 1. The first-order valence-corrected chi connectivity index (χ1v) is 6.14. The van der Waals surface area contributed by atoms with E-state index in [1.807, 2.05) is 6.92 Å². The number of rotatable bonds is 6. The lowest BCUT2D eigenvalue weighted by atomic mass is 10.1. The summed E-state index contributed by atoms with van der Waals surface area (Å²) in [5.74, 6) is 0.861. The molecule has 1 aromatic heterocycles. The van der Waals surface area contributed by atoms with Crippen LogP contribution in [0.3, 0.4) is 0 Å². The smallest absolute Gasteiger partial charge is 0.239 e. The number of ether oxygens (including phenoxy) is 1. The summed E-state index contributed by atoms with van der Waals surface area (Å²) < 4.78 is 6.93. The molecule has 2 rings (SSSR count). The van der Waals surface area contributed by atoms with Gasteiger partial charge in [-0.25, -0.2) is 4.68 Å². The van der Waals surface area contributed by atoms with Crippen LogP contribution in [0, 0.1) is 12.8 Å². The third-order valence-corrected chi connectivity index (χ3v) is 3.29. The van der Waals surface area contributed by atoms with Crippen molar-refractivity contribution in [3.63, 3.8) is 0 Å². The predicted octanol–water partition coefficient (Wildman–Crippen LogP) is 0.263. The Morgan fingerprint density at radius 1 is 1.67 bits per heavy atom. The van der Waals surface area contributed by atoms with Crippen LogP contribution in [0.1, 0.15) is 30.1 Å². The number of nitrogens with two attached hydrogens (primary N) is 1. The summed E-state index contributed by atoms with van der Waals surface area (Å²) in [6.45, 7) is 2.66. The van der Waals surface area contributed by atoms with Gasteiger partial charge < -0.3 is 15.8 Å². The number of nitrogens with one attached hydrogen (secondary N) is 1. The molecular formula is C12H20N4O2. The van der Waals surface area contributed by atoms with Crippen LogP contribution in [-0.4, -0.2) is 29.3 Å². The molecule has 6 heteroatoms. The molecule has 1 saturated carbocycles. The van der Waals surface area contributed by atoms with Gasteiger partial charge in [-0.05, 0) is 32.2 Å². The Morgan fingerprint density at radius 2 is 2.33 bits per heavy atom. The van der Waals surface area contributed by atoms with Gasteiger partial charge in [-0.3, -0.25) is 4.79 Å². The third-order valence-electron chi connectivity index (χ3n) is 3.29. The van der Waals surface area contributed by atoms with Crippen LogP contribution < -0.4 is 15.8 Å². The molecule has 1 aliphatic rings. The van der Waals surface area contributed by atoms with Gasteiger partial charge in [0.1, 0.15) is 6.04 Å². The van der Waals surface area contributed by atoms with E-state index in [0.29, 0.717) is 11.8 Å². The molecule has 1 aromatic rings. The second-order valence-corrected chi connectivity index (χ2v) is 4.82. The van der Waals surface area contributed by atoms with Crippen molar-refractivity contribution in [3.05, 3.63) is 11.3 Å². The molecule has 18 heavy (non-hydrogen) atoms. The lowest BCUT2D eigenvalue weighted by Gasteiger charge is -2.16. The van der Waals surface area contributed by atoms with Crippen LogP contribution in [0.5, 0.6) is 5.88 Å². The summed E-state index contributed by atoms with van der Waals surface area (Å²) in [5.41, 5.74) is 6.99. The van der Waals surface area contributed by atoms with Crippen molar-refractivity contribution in [3.8, 4) is 5.88 Å². The van der Waals surface area contributed by atoms with E-state index in [9.17, 15) is 4.79 Å². The van der Waals surface area contributed by atoms with Crippen molar-refractivity contribution in [2.24, 2.45) is 18.7 Å². The second-order valence-electron chi connectivity index (χ2n) is 4.82. The predicted molar refractivity (Wildman–Crippen MR) is 67.2 cm³/mol. The van der Waals surface area contributed by atoms with Crippen LogP contribution >= 0.6 is 0 Å². The summed E-state index contributed by atoms with van der Waals surface area (Å²) in [6.07, 6.45) is 2.45. The molecule has 0 saturated heterocycles. The monoisotopic (exact) mass is 252 g/mol. The van der Waals surface area contributed by atoms with E-state index in [-0.39, 0.29) is 0 Å². The van der Waals surface area contributed by atoms with Gasteiger partial charge >= 0.3 is 0 Å². The summed E-state index contributed by atoms with van der Waals surface area (Å²) in [5, 5.41) is 7.49. The SMILES string of the molecule is COc1c(C(NCC2CC2)C(N)=O)c(C)nn1C. The molecule has 0 radical (unpaired) electrons. The quantitative estimate of drug-likeness (QED) is 0.761. The van der Waals surface area contributed by atoms with Crippen molar-refractivity contribution in [2.75, 3.05) is 13.7 Å². The first-order valence-electron chi connectivity index (χ1n) is 6.14. The van der Waals surface area contributed by atoms with Gasteiger partial charge in [0.2, 0.25) is 11.8 Å². The zero-order valence-corrected chi connectivity index (χ0v) is 11.1. The summed E-state index contributed by atoms with van der Waals surface area (Å²) in [4.78, 5) is 11.6. The Hall–Kier alpha value is -1.56. The molecule has 1 amide bonds. The van der Waals surface area contributed by atoms with Crippen LogP contribution in [0.4, 0.5) is 0 Å². The maximum atomic E-state index is 11.6. The highest BCUT2D eigenvalue weighted by molar-refractivity contribution is 5.82. The average Bonchev–Trinajstić information content (AvgIpc) is 3.06. The van der Waals surface area contributed by atoms with Gasteiger partial charge in [-0.1, -0.05) is 0 Å². The van der Waals surface area contributed by atoms with Gasteiger partial charge in [-0.15, -0.1) is 0 Å². The molecule has 0 spiro atoms. The van der Waals surface area contributed by atoms with Gasteiger partial charge in [-0.2, -0.15) is 5.10 Å². The normalized spacial score (nSPS) is 16.6. The Bertz CT molecular complexity index is 451. The first kappa shape index (κ1) is 12.9. The average molecular weight is 252 g/mol. The number of aromatic nitrogens is 2. The minimum Gasteiger partial charge on any atom is -0.481 e. The number of primary amides is 1. The highest BCUT2D eigenvalue weighted by Gasteiger charge is 2.29. The van der Waals surface area contributed by atoms with Crippen molar-refractivity contribution in [2.45, 2.75) is 25.8 Å². The Balaban J connectivity index is 2.25. The number of carbonyl (C=O) groups is 1. The molecule has 0 bridgehead atoms. The molecule has 1 aliphatic carbocycles. The Kier molecular flexibility index (Phi) is 3.56. The van der Waals surface area contributed by atoms with Crippen LogP contribution in [0.25, 0.3) is 0 Å². The van der Waals surface area contributed by atoms with E-state index in [1.165, 1.54) is 12.8 Å². The Labute approximate surface area is 106 Å². The summed E-state index contributed by atoms with van der Waals surface area (Å²) in [6, 6.07) is -0.533. The molecule has 0 aliphatic heterocycles. The first-order chi connectivity index (χ1) is 8.54. The maximum Gasteiger partial charge on any atom is 0.239 e. The topological polar surface area (TPSA) is 82.2 Å². The molecule has 100 valence electrons.